The topological polar surface area (TPSA) is 26.3 Å². The first-order valence-corrected chi connectivity index (χ1v) is 19.9. The molecule has 1 atom stereocenters. The van der Waals surface area contributed by atoms with Gasteiger partial charge in [0.1, 0.15) is 0 Å². The molecule has 0 aliphatic heterocycles. The van der Waals surface area contributed by atoms with Crippen molar-refractivity contribution < 1.29 is 9.53 Å². The summed E-state index contributed by atoms with van der Waals surface area (Å²) in [5, 5.41) is 0. The third-order valence-corrected chi connectivity index (χ3v) is 9.39. The van der Waals surface area contributed by atoms with Gasteiger partial charge in [0, 0.05) is 0 Å². The Bertz CT molecular complexity index is 502. The molecule has 42 heavy (non-hydrogen) atoms. The van der Waals surface area contributed by atoms with Crippen molar-refractivity contribution in [2.24, 2.45) is 5.92 Å². The summed E-state index contributed by atoms with van der Waals surface area (Å²) in [5.41, 5.74) is 0. The van der Waals surface area contributed by atoms with Gasteiger partial charge in [0.25, 0.3) is 0 Å². The number of ether oxygens (including phenoxy) is 1. The molecule has 0 aliphatic rings. The van der Waals surface area contributed by atoms with Crippen LogP contribution in [0.15, 0.2) is 0 Å². The lowest BCUT2D eigenvalue weighted by Crippen LogP contribution is -2.18. The highest BCUT2D eigenvalue weighted by Gasteiger charge is 2.19. The van der Waals surface area contributed by atoms with Crippen molar-refractivity contribution in [1.82, 2.24) is 0 Å². The predicted molar refractivity (Wildman–Crippen MR) is 188 cm³/mol. The number of hydrogen-bond donors (Lipinski definition) is 0. The van der Waals surface area contributed by atoms with Gasteiger partial charge in [0.2, 0.25) is 0 Å². The maximum atomic E-state index is 13.0. The Balaban J connectivity index is 4.00. The average Bonchev–Trinajstić information content (AvgIpc) is 3.00. The van der Waals surface area contributed by atoms with Gasteiger partial charge in [-0.3, -0.25) is 4.79 Å². The zero-order valence-corrected chi connectivity index (χ0v) is 29.6. The molecule has 0 aromatic heterocycles. The number of hydrogen-bond acceptors (Lipinski definition) is 2. The molecule has 0 rings (SSSR count). The number of carbonyl (C=O) groups excluding carboxylic acids is 1. The SMILES string of the molecule is CCCCCCCCCCCCCCOC(=O)C(CCCCCCCCCC)CCCCCCCCCCCCCC. The van der Waals surface area contributed by atoms with Gasteiger partial charge in [-0.05, 0) is 19.3 Å². The van der Waals surface area contributed by atoms with Gasteiger partial charge >= 0.3 is 5.97 Å². The molecule has 0 fully saturated rings. The molecule has 0 N–H and O–H groups in total. The van der Waals surface area contributed by atoms with Gasteiger partial charge in [-0.1, -0.05) is 220 Å². The van der Waals surface area contributed by atoms with Crippen LogP contribution in [0, 0.1) is 5.92 Å². The minimum absolute atomic E-state index is 0.115. The summed E-state index contributed by atoms with van der Waals surface area (Å²) in [7, 11) is 0. The fourth-order valence-electron chi connectivity index (χ4n) is 6.37. The Morgan fingerprint density at radius 1 is 0.357 bits per heavy atom. The lowest BCUT2D eigenvalue weighted by Gasteiger charge is -2.16. The van der Waals surface area contributed by atoms with Gasteiger partial charge in [-0.25, -0.2) is 0 Å². The molecular formula is C40H80O2. The van der Waals surface area contributed by atoms with Crippen LogP contribution in [0.1, 0.15) is 239 Å². The Kier molecular flexibility index (Phi) is 36.2. The first-order valence-electron chi connectivity index (χ1n) is 19.9. The van der Waals surface area contributed by atoms with Gasteiger partial charge in [-0.15, -0.1) is 0 Å². The summed E-state index contributed by atoms with van der Waals surface area (Å²) in [4.78, 5) is 13.0. The van der Waals surface area contributed by atoms with Crippen molar-refractivity contribution in [1.29, 1.82) is 0 Å². The molecule has 0 aliphatic carbocycles. The van der Waals surface area contributed by atoms with Crippen molar-refractivity contribution >= 4 is 5.97 Å². The van der Waals surface area contributed by atoms with Crippen molar-refractivity contribution in [3.63, 3.8) is 0 Å². The van der Waals surface area contributed by atoms with Gasteiger partial charge < -0.3 is 4.74 Å². The molecule has 0 amide bonds. The zero-order chi connectivity index (χ0) is 30.6. The maximum absolute atomic E-state index is 13.0. The highest BCUT2D eigenvalue weighted by atomic mass is 16.5. The zero-order valence-electron chi connectivity index (χ0n) is 29.6. The highest BCUT2D eigenvalue weighted by molar-refractivity contribution is 5.72. The molecule has 2 heteroatoms. The molecule has 0 heterocycles. The van der Waals surface area contributed by atoms with E-state index in [-0.39, 0.29) is 11.9 Å². The molecule has 0 aromatic carbocycles. The quantitative estimate of drug-likeness (QED) is 0.0534. The number of unbranched alkanes of at least 4 members (excludes halogenated alkanes) is 29. The normalized spacial score (nSPS) is 12.2. The van der Waals surface area contributed by atoms with Crippen LogP contribution in [0.5, 0.6) is 0 Å². The monoisotopic (exact) mass is 593 g/mol. The summed E-state index contributed by atoms with van der Waals surface area (Å²) < 4.78 is 5.84. The van der Waals surface area contributed by atoms with Gasteiger partial charge in [0.05, 0.1) is 12.5 Å². The van der Waals surface area contributed by atoms with Crippen LogP contribution in [-0.4, -0.2) is 12.6 Å². The maximum Gasteiger partial charge on any atom is 0.308 e. The van der Waals surface area contributed by atoms with Crippen molar-refractivity contribution in [2.45, 2.75) is 239 Å². The third-order valence-electron chi connectivity index (χ3n) is 9.39. The Morgan fingerprint density at radius 3 is 0.881 bits per heavy atom. The molecule has 0 radical (unpaired) electrons. The van der Waals surface area contributed by atoms with Crippen molar-refractivity contribution in [3.05, 3.63) is 0 Å². The van der Waals surface area contributed by atoms with E-state index in [4.69, 9.17) is 4.74 Å². The fourth-order valence-corrected chi connectivity index (χ4v) is 6.37. The summed E-state index contributed by atoms with van der Waals surface area (Å²) >= 11 is 0. The molecule has 0 spiro atoms. The van der Waals surface area contributed by atoms with E-state index in [0.29, 0.717) is 6.61 Å². The summed E-state index contributed by atoms with van der Waals surface area (Å²) in [6, 6.07) is 0. The first-order chi connectivity index (χ1) is 20.8. The van der Waals surface area contributed by atoms with E-state index in [9.17, 15) is 4.79 Å². The highest BCUT2D eigenvalue weighted by Crippen LogP contribution is 2.22. The van der Waals surface area contributed by atoms with E-state index in [1.165, 1.54) is 199 Å². The van der Waals surface area contributed by atoms with E-state index in [1.807, 2.05) is 0 Å². The standard InChI is InChI=1S/C40H80O2/c1-4-7-10-13-16-19-21-23-25-28-31-34-37-39(36-33-30-27-18-15-12-9-6-3)40(41)42-38-35-32-29-26-24-22-20-17-14-11-8-5-2/h39H,4-38H2,1-3H3. The van der Waals surface area contributed by atoms with Gasteiger partial charge in [0.15, 0.2) is 0 Å². The Morgan fingerprint density at radius 2 is 0.595 bits per heavy atom. The van der Waals surface area contributed by atoms with Crippen molar-refractivity contribution in [2.75, 3.05) is 6.61 Å². The minimum atomic E-state index is 0.115. The van der Waals surface area contributed by atoms with Crippen LogP contribution >= 0.6 is 0 Å². The molecule has 0 bridgehead atoms. The van der Waals surface area contributed by atoms with Crippen molar-refractivity contribution in [3.8, 4) is 0 Å². The first kappa shape index (κ1) is 41.5. The molecule has 1 unspecified atom stereocenters. The molecule has 0 aromatic rings. The smallest absolute Gasteiger partial charge is 0.308 e. The summed E-state index contributed by atoms with van der Waals surface area (Å²) in [5.74, 6) is 0.259. The molecule has 0 saturated heterocycles. The summed E-state index contributed by atoms with van der Waals surface area (Å²) in [6.45, 7) is 7.51. The third kappa shape index (κ3) is 32.4. The largest absolute Gasteiger partial charge is 0.465 e. The van der Waals surface area contributed by atoms with Crippen LogP contribution in [-0.2, 0) is 9.53 Å². The van der Waals surface area contributed by atoms with E-state index in [2.05, 4.69) is 20.8 Å². The van der Waals surface area contributed by atoms with Crippen LogP contribution < -0.4 is 0 Å². The van der Waals surface area contributed by atoms with E-state index < -0.39 is 0 Å². The fraction of sp³-hybridized carbons (Fsp3) is 0.975. The second-order valence-electron chi connectivity index (χ2n) is 13.7. The Labute approximate surface area is 266 Å². The number of carbonyl (C=O) groups is 1. The van der Waals surface area contributed by atoms with E-state index in [0.717, 1.165) is 19.3 Å². The van der Waals surface area contributed by atoms with Crippen LogP contribution in [0.4, 0.5) is 0 Å². The lowest BCUT2D eigenvalue weighted by atomic mass is 9.94. The van der Waals surface area contributed by atoms with Crippen LogP contribution in [0.2, 0.25) is 0 Å². The molecule has 2 nitrogen and oxygen atoms in total. The predicted octanol–water partition coefficient (Wildman–Crippen LogP) is 14.5. The minimum Gasteiger partial charge on any atom is -0.465 e. The van der Waals surface area contributed by atoms with Crippen LogP contribution in [0.3, 0.4) is 0 Å². The van der Waals surface area contributed by atoms with E-state index in [1.54, 1.807) is 0 Å². The molecule has 0 saturated carbocycles. The van der Waals surface area contributed by atoms with E-state index >= 15 is 0 Å². The lowest BCUT2D eigenvalue weighted by molar-refractivity contribution is -0.149. The van der Waals surface area contributed by atoms with Gasteiger partial charge in [-0.2, -0.15) is 0 Å². The molecular weight excluding hydrogens is 512 g/mol. The summed E-state index contributed by atoms with van der Waals surface area (Å²) in [6.07, 6.45) is 45.4. The Hall–Kier alpha value is -0.530. The second kappa shape index (κ2) is 36.7. The second-order valence-corrected chi connectivity index (χ2v) is 13.7. The van der Waals surface area contributed by atoms with Crippen LogP contribution in [0.25, 0.3) is 0 Å². The average molecular weight is 593 g/mol. The number of rotatable bonds is 36. The number of esters is 1. The molecule has 252 valence electrons.